The van der Waals surface area contributed by atoms with Gasteiger partial charge in [0.15, 0.2) is 0 Å². The van der Waals surface area contributed by atoms with Crippen LogP contribution >= 0.6 is 0 Å². The fourth-order valence-corrected chi connectivity index (χ4v) is 11.1. The molecule has 0 spiro atoms. The first-order valence-electron chi connectivity index (χ1n) is 20.4. The highest BCUT2D eigenvalue weighted by atomic mass is 16.6. The Hall–Kier alpha value is -3.83. The molecule has 0 aliphatic heterocycles. The number of ether oxygens (including phenoxy) is 3. The summed E-state index contributed by atoms with van der Waals surface area (Å²) in [6.07, 6.45) is 13.1. The summed E-state index contributed by atoms with van der Waals surface area (Å²) in [4.78, 5) is 50.6. The predicted molar refractivity (Wildman–Crippen MR) is 205 cm³/mol. The van der Waals surface area contributed by atoms with Crippen LogP contribution in [-0.2, 0) is 35.0 Å². The summed E-state index contributed by atoms with van der Waals surface area (Å²) >= 11 is 0. The van der Waals surface area contributed by atoms with Gasteiger partial charge in [-0.15, -0.1) is 0 Å². The van der Waals surface area contributed by atoms with Crippen LogP contribution in [0.25, 0.3) is 11.0 Å². The molecule has 0 saturated heterocycles. The second-order valence-electron chi connectivity index (χ2n) is 19.6. The van der Waals surface area contributed by atoms with Gasteiger partial charge in [0.25, 0.3) is 0 Å². The number of hydrogen-bond acceptors (Lipinski definition) is 11. The summed E-state index contributed by atoms with van der Waals surface area (Å²) < 4.78 is 22.3. The van der Waals surface area contributed by atoms with Gasteiger partial charge in [-0.1, -0.05) is 32.9 Å². The van der Waals surface area contributed by atoms with Crippen molar-refractivity contribution < 1.29 is 38.1 Å². The highest BCUT2D eigenvalue weighted by Crippen LogP contribution is 2.66. The fourth-order valence-electron chi connectivity index (χ4n) is 11.1. The summed E-state index contributed by atoms with van der Waals surface area (Å²) in [6.45, 7) is 18.3. The van der Waals surface area contributed by atoms with Crippen LogP contribution in [-0.4, -0.2) is 50.5 Å². The number of nitrogens with zero attached hydrogens (tertiary/aromatic N) is 3. The minimum Gasteiger partial charge on any atom is -0.462 e. The molecule has 1 unspecified atom stereocenters. The molecule has 4 aliphatic carbocycles. The molecule has 3 fully saturated rings. The van der Waals surface area contributed by atoms with Gasteiger partial charge in [-0.25, -0.2) is 4.63 Å². The standard InChI is InChI=1S/C43H61N3O9/c1-25(10-17-35(47)53-40(2,3)4)31-14-15-32-30-13-12-28-24-29(18-20-42(28,8)33(30)19-21-43(31,32)9)52-39(49)27(23-36(48)54-41(5,6)7)22-26-11-16-34(46(50)51)38-37(26)44-55-45-38/h11,16,19,21,25,27-33H,10,12-15,17-18,20,22-24H2,1-9H3/t25-,27+,28-,29-,30+,31?,32+,33+,42+,43-/m1/s1. The minimum atomic E-state index is -0.888. The van der Waals surface area contributed by atoms with Crippen molar-refractivity contribution in [2.45, 2.75) is 150 Å². The van der Waals surface area contributed by atoms with E-state index in [1.807, 2.05) is 20.8 Å². The van der Waals surface area contributed by atoms with E-state index >= 15 is 0 Å². The van der Waals surface area contributed by atoms with Crippen molar-refractivity contribution in [1.29, 1.82) is 0 Å². The topological polar surface area (TPSA) is 161 Å². The number of aromatic nitrogens is 2. The van der Waals surface area contributed by atoms with Gasteiger partial charge in [0.2, 0.25) is 5.52 Å². The summed E-state index contributed by atoms with van der Waals surface area (Å²) in [6, 6.07) is 2.85. The number of carbonyl (C=O) groups is 3. The second-order valence-corrected chi connectivity index (χ2v) is 19.6. The van der Waals surface area contributed by atoms with Gasteiger partial charge in [0.1, 0.15) is 22.8 Å². The van der Waals surface area contributed by atoms with E-state index < -0.39 is 34.0 Å². The van der Waals surface area contributed by atoms with Gasteiger partial charge >= 0.3 is 23.6 Å². The molecule has 1 aromatic heterocycles. The van der Waals surface area contributed by atoms with Crippen molar-refractivity contribution in [3.63, 3.8) is 0 Å². The molecule has 0 radical (unpaired) electrons. The third-order valence-electron chi connectivity index (χ3n) is 13.6. The molecule has 0 N–H and O–H groups in total. The van der Waals surface area contributed by atoms with E-state index in [1.165, 1.54) is 25.0 Å². The van der Waals surface area contributed by atoms with Crippen LogP contribution in [0, 0.1) is 62.4 Å². The number of carbonyl (C=O) groups excluding carboxylic acids is 3. The summed E-state index contributed by atoms with van der Waals surface area (Å²) in [5.74, 6) is 1.06. The van der Waals surface area contributed by atoms with Crippen LogP contribution in [0.5, 0.6) is 0 Å². The number of nitro groups is 1. The van der Waals surface area contributed by atoms with E-state index in [9.17, 15) is 24.5 Å². The van der Waals surface area contributed by atoms with Gasteiger partial charge < -0.3 is 14.2 Å². The van der Waals surface area contributed by atoms with E-state index in [1.54, 1.807) is 20.8 Å². The maximum atomic E-state index is 14.0. The Kier molecular flexibility index (Phi) is 11.3. The Morgan fingerprint density at radius 2 is 1.65 bits per heavy atom. The maximum absolute atomic E-state index is 14.0. The highest BCUT2D eigenvalue weighted by Gasteiger charge is 2.59. The molecule has 4 aliphatic rings. The van der Waals surface area contributed by atoms with E-state index in [4.69, 9.17) is 18.8 Å². The number of benzene rings is 1. The van der Waals surface area contributed by atoms with Gasteiger partial charge in [0.05, 0.1) is 17.3 Å². The maximum Gasteiger partial charge on any atom is 0.310 e. The van der Waals surface area contributed by atoms with Gasteiger partial charge in [-0.3, -0.25) is 24.5 Å². The Bertz CT molecular complexity index is 1810. The number of allylic oxidation sites excluding steroid dienone is 2. The first-order valence-corrected chi connectivity index (χ1v) is 20.4. The van der Waals surface area contributed by atoms with E-state index in [-0.39, 0.29) is 52.5 Å². The zero-order valence-electron chi connectivity index (χ0n) is 34.2. The van der Waals surface area contributed by atoms with Crippen molar-refractivity contribution in [1.82, 2.24) is 10.3 Å². The fraction of sp³-hybridized carbons (Fsp3) is 0.744. The average molecular weight is 764 g/mol. The largest absolute Gasteiger partial charge is 0.462 e. The quantitative estimate of drug-likeness (QED) is 0.0706. The highest BCUT2D eigenvalue weighted by molar-refractivity contribution is 5.87. The van der Waals surface area contributed by atoms with Crippen molar-refractivity contribution in [2.24, 2.45) is 52.3 Å². The lowest BCUT2D eigenvalue weighted by Crippen LogP contribution is -2.52. The number of non-ortho nitro benzene ring substituents is 1. The number of fused-ring (bicyclic) bond motifs is 6. The third kappa shape index (κ3) is 8.63. The van der Waals surface area contributed by atoms with Gasteiger partial charge in [0, 0.05) is 12.5 Å². The van der Waals surface area contributed by atoms with E-state index in [0.717, 1.165) is 38.5 Å². The van der Waals surface area contributed by atoms with Crippen LogP contribution in [0.1, 0.15) is 132 Å². The Labute approximate surface area is 325 Å². The number of nitro benzene ring substituents is 1. The molecule has 12 nitrogen and oxygen atoms in total. The lowest BCUT2D eigenvalue weighted by molar-refractivity contribution is -0.383. The number of rotatable bonds is 11. The SMILES string of the molecule is C[C@H](CCC(=O)OC(C)(C)C)C1CC[C@H]2[C@@H]3CC[C@@H]4C[C@H](OC(=O)[C@H](CC(=O)OC(C)(C)C)Cc5ccc([N+](=O)[O-])c6nonc56)CC[C@]4(C)[C@H]3C=C[C@]12C. The number of esters is 3. The Morgan fingerprint density at radius 1 is 0.964 bits per heavy atom. The van der Waals surface area contributed by atoms with E-state index in [2.05, 4.69) is 43.2 Å². The van der Waals surface area contributed by atoms with Crippen LogP contribution in [0.4, 0.5) is 5.69 Å². The van der Waals surface area contributed by atoms with Crippen LogP contribution in [0.2, 0.25) is 0 Å². The monoisotopic (exact) mass is 763 g/mol. The van der Waals surface area contributed by atoms with E-state index in [0.29, 0.717) is 47.5 Å². The molecular weight excluding hydrogens is 702 g/mol. The smallest absolute Gasteiger partial charge is 0.310 e. The first kappa shape index (κ1) is 40.8. The summed E-state index contributed by atoms with van der Waals surface area (Å²) in [7, 11) is 0. The molecule has 302 valence electrons. The molecule has 1 aromatic carbocycles. The summed E-state index contributed by atoms with van der Waals surface area (Å²) in [5, 5.41) is 19.2. The lowest BCUT2D eigenvalue weighted by Gasteiger charge is -2.59. The molecule has 0 amide bonds. The molecule has 10 atom stereocenters. The zero-order chi connectivity index (χ0) is 40.1. The molecule has 2 aromatic rings. The second kappa shape index (κ2) is 15.3. The van der Waals surface area contributed by atoms with Gasteiger partial charge in [-0.05, 0) is 168 Å². The molecule has 55 heavy (non-hydrogen) atoms. The summed E-state index contributed by atoms with van der Waals surface area (Å²) in [5.41, 5.74) is -0.554. The average Bonchev–Trinajstić information content (AvgIpc) is 3.70. The Morgan fingerprint density at radius 3 is 2.35 bits per heavy atom. The Balaban J connectivity index is 1.13. The molecule has 1 heterocycles. The predicted octanol–water partition coefficient (Wildman–Crippen LogP) is 9.13. The molecular formula is C43H61N3O9. The van der Waals surface area contributed by atoms with Crippen LogP contribution in [0.3, 0.4) is 0 Å². The first-order chi connectivity index (χ1) is 25.7. The molecule has 6 rings (SSSR count). The zero-order valence-corrected chi connectivity index (χ0v) is 34.2. The molecule has 3 saturated carbocycles. The third-order valence-corrected chi connectivity index (χ3v) is 13.6. The van der Waals surface area contributed by atoms with Crippen LogP contribution in [0.15, 0.2) is 28.9 Å². The molecule has 12 heteroatoms. The van der Waals surface area contributed by atoms with Crippen molar-refractivity contribution >= 4 is 34.6 Å². The number of hydrogen-bond donors (Lipinski definition) is 0. The molecule has 0 bridgehead atoms. The van der Waals surface area contributed by atoms with Gasteiger partial charge in [-0.2, -0.15) is 0 Å². The van der Waals surface area contributed by atoms with Crippen molar-refractivity contribution in [3.8, 4) is 0 Å². The van der Waals surface area contributed by atoms with Crippen LogP contribution < -0.4 is 0 Å². The minimum absolute atomic E-state index is 0.00744. The van der Waals surface area contributed by atoms with Crippen molar-refractivity contribution in [2.75, 3.05) is 0 Å². The van der Waals surface area contributed by atoms with Crippen molar-refractivity contribution in [3.05, 3.63) is 40.0 Å². The lowest BCUT2D eigenvalue weighted by atomic mass is 9.46. The normalized spacial score (nSPS) is 31.4.